The van der Waals surface area contributed by atoms with Crippen LogP contribution in [0.4, 0.5) is 15.8 Å². The minimum absolute atomic E-state index is 0.0366. The Balaban J connectivity index is 1.43. The summed E-state index contributed by atoms with van der Waals surface area (Å²) in [4.78, 5) is 23.2. The Kier molecular flexibility index (Phi) is 5.13. The summed E-state index contributed by atoms with van der Waals surface area (Å²) < 4.78 is 23.5. The van der Waals surface area contributed by atoms with Crippen molar-refractivity contribution in [3.63, 3.8) is 0 Å². The molecule has 2 N–H and O–H groups in total. The first-order valence-corrected chi connectivity index (χ1v) is 7.85. The number of rotatable bonds is 6. The van der Waals surface area contributed by atoms with Crippen molar-refractivity contribution in [3.8, 4) is 11.5 Å². The van der Waals surface area contributed by atoms with Gasteiger partial charge in [0.1, 0.15) is 17.3 Å². The number of ether oxygens (including phenoxy) is 2. The van der Waals surface area contributed by atoms with E-state index in [4.69, 9.17) is 9.47 Å². The van der Waals surface area contributed by atoms with Gasteiger partial charge in [-0.05, 0) is 42.8 Å². The second-order valence-corrected chi connectivity index (χ2v) is 5.50. The minimum atomic E-state index is -0.319. The third-order valence-corrected chi connectivity index (χ3v) is 3.53. The molecule has 130 valence electrons. The first kappa shape index (κ1) is 16.8. The largest absolute Gasteiger partial charge is 0.494 e. The van der Waals surface area contributed by atoms with E-state index in [9.17, 15) is 14.0 Å². The second kappa shape index (κ2) is 7.65. The number of carbonyl (C=O) groups excluding carboxylic acids is 2. The number of nitrogens with one attached hydrogen (secondary N) is 2. The Hall–Kier alpha value is -3.09. The molecule has 0 saturated carbocycles. The summed E-state index contributed by atoms with van der Waals surface area (Å²) in [6.07, 6.45) is 0.816. The number of benzene rings is 2. The molecule has 0 bridgehead atoms. The number of halogens is 1. The molecule has 3 rings (SSSR count). The molecule has 2 aromatic rings. The number of hydrogen-bond acceptors (Lipinski definition) is 4. The van der Waals surface area contributed by atoms with Crippen LogP contribution in [0.3, 0.4) is 0 Å². The molecule has 2 aromatic carbocycles. The first-order chi connectivity index (χ1) is 12.1. The fraction of sp³-hybridized carbons (Fsp3) is 0.222. The van der Waals surface area contributed by atoms with Crippen LogP contribution in [-0.4, -0.2) is 25.0 Å². The van der Waals surface area contributed by atoms with Gasteiger partial charge in [-0.25, -0.2) is 4.39 Å². The van der Waals surface area contributed by atoms with E-state index in [1.54, 1.807) is 30.3 Å². The zero-order chi connectivity index (χ0) is 17.6. The van der Waals surface area contributed by atoms with Crippen LogP contribution in [0.25, 0.3) is 0 Å². The van der Waals surface area contributed by atoms with Gasteiger partial charge in [0.15, 0.2) is 6.61 Å². The van der Waals surface area contributed by atoms with Crippen molar-refractivity contribution in [1.82, 2.24) is 0 Å². The van der Waals surface area contributed by atoms with E-state index in [1.807, 2.05) is 0 Å². The second-order valence-electron chi connectivity index (χ2n) is 5.50. The molecule has 0 saturated heterocycles. The molecule has 6 nitrogen and oxygen atoms in total. The highest BCUT2D eigenvalue weighted by molar-refractivity contribution is 5.97. The van der Waals surface area contributed by atoms with Gasteiger partial charge in [0.05, 0.1) is 12.3 Å². The van der Waals surface area contributed by atoms with Crippen LogP contribution in [0.1, 0.15) is 12.8 Å². The number of fused-ring (bicyclic) bond motifs is 1. The Morgan fingerprint density at radius 3 is 2.84 bits per heavy atom. The molecule has 0 aromatic heterocycles. The number of hydrogen-bond donors (Lipinski definition) is 2. The molecule has 1 aliphatic rings. The monoisotopic (exact) mass is 344 g/mol. The summed E-state index contributed by atoms with van der Waals surface area (Å²) in [7, 11) is 0. The van der Waals surface area contributed by atoms with E-state index in [0.717, 1.165) is 0 Å². The molecule has 0 spiro atoms. The van der Waals surface area contributed by atoms with Gasteiger partial charge in [-0.3, -0.25) is 9.59 Å². The average Bonchev–Trinajstić information content (AvgIpc) is 2.60. The Morgan fingerprint density at radius 2 is 2.04 bits per heavy atom. The van der Waals surface area contributed by atoms with Crippen molar-refractivity contribution in [3.05, 3.63) is 48.3 Å². The zero-order valence-electron chi connectivity index (χ0n) is 13.4. The predicted molar refractivity (Wildman–Crippen MR) is 90.3 cm³/mol. The van der Waals surface area contributed by atoms with E-state index in [1.165, 1.54) is 12.1 Å². The lowest BCUT2D eigenvalue weighted by Gasteiger charge is -2.18. The third-order valence-electron chi connectivity index (χ3n) is 3.53. The van der Waals surface area contributed by atoms with Gasteiger partial charge in [0.25, 0.3) is 5.91 Å². The summed E-state index contributed by atoms with van der Waals surface area (Å²) in [6.45, 7) is 0.323. The highest BCUT2D eigenvalue weighted by Gasteiger charge is 2.16. The predicted octanol–water partition coefficient (Wildman–Crippen LogP) is 2.95. The first-order valence-electron chi connectivity index (χ1n) is 7.85. The van der Waals surface area contributed by atoms with E-state index >= 15 is 0 Å². The minimum Gasteiger partial charge on any atom is -0.494 e. The molecule has 0 fully saturated rings. The molecule has 2 amide bonds. The molecular formula is C18H17FN2O4. The van der Waals surface area contributed by atoms with Gasteiger partial charge in [0.2, 0.25) is 5.91 Å². The van der Waals surface area contributed by atoms with Crippen molar-refractivity contribution in [2.45, 2.75) is 12.8 Å². The highest BCUT2D eigenvalue weighted by atomic mass is 19.1. The summed E-state index contributed by atoms with van der Waals surface area (Å²) in [5.74, 6) is 0.418. The summed E-state index contributed by atoms with van der Waals surface area (Å²) in [5.41, 5.74) is 1.18. The molecular weight excluding hydrogens is 327 g/mol. The van der Waals surface area contributed by atoms with Crippen LogP contribution < -0.4 is 20.1 Å². The lowest BCUT2D eigenvalue weighted by atomic mass is 10.2. The Labute approximate surface area is 143 Å². The highest BCUT2D eigenvalue weighted by Crippen LogP contribution is 2.30. The lowest BCUT2D eigenvalue weighted by molar-refractivity contribution is -0.118. The number of amides is 2. The molecule has 7 heteroatoms. The molecule has 1 aliphatic heterocycles. The summed E-state index contributed by atoms with van der Waals surface area (Å²) in [5, 5.41) is 5.46. The van der Waals surface area contributed by atoms with E-state index in [0.29, 0.717) is 35.9 Å². The molecule has 0 unspecified atom stereocenters. The summed E-state index contributed by atoms with van der Waals surface area (Å²) in [6, 6.07) is 10.8. The Bertz CT molecular complexity index is 777. The standard InChI is InChI=1S/C18H17FN2O4/c19-12-3-6-14(7-4-12)24-9-1-2-17(22)20-13-5-8-15-16(10-13)25-11-18(23)21-15/h3-8,10H,1-2,9,11H2,(H,20,22)(H,21,23). The van der Waals surface area contributed by atoms with Crippen LogP contribution in [0.5, 0.6) is 11.5 Å². The van der Waals surface area contributed by atoms with Crippen LogP contribution >= 0.6 is 0 Å². The van der Waals surface area contributed by atoms with Crippen LogP contribution in [0.2, 0.25) is 0 Å². The summed E-state index contributed by atoms with van der Waals surface area (Å²) >= 11 is 0. The number of anilines is 2. The fourth-order valence-corrected chi connectivity index (χ4v) is 2.33. The normalized spacial score (nSPS) is 12.6. The van der Waals surface area contributed by atoms with Gasteiger partial charge >= 0.3 is 0 Å². The van der Waals surface area contributed by atoms with Gasteiger partial charge in [-0.2, -0.15) is 0 Å². The van der Waals surface area contributed by atoms with E-state index < -0.39 is 0 Å². The topological polar surface area (TPSA) is 76.7 Å². The van der Waals surface area contributed by atoms with Crippen LogP contribution in [-0.2, 0) is 9.59 Å². The zero-order valence-corrected chi connectivity index (χ0v) is 13.4. The van der Waals surface area contributed by atoms with Gasteiger partial charge in [-0.1, -0.05) is 0 Å². The van der Waals surface area contributed by atoms with E-state index in [-0.39, 0.29) is 30.7 Å². The van der Waals surface area contributed by atoms with Gasteiger partial charge in [0, 0.05) is 18.2 Å². The van der Waals surface area contributed by atoms with Crippen molar-refractivity contribution in [2.75, 3.05) is 23.8 Å². The maximum Gasteiger partial charge on any atom is 0.262 e. The molecule has 25 heavy (non-hydrogen) atoms. The number of carbonyl (C=O) groups is 2. The Morgan fingerprint density at radius 1 is 1.24 bits per heavy atom. The maximum absolute atomic E-state index is 12.8. The molecule has 0 atom stereocenters. The van der Waals surface area contributed by atoms with Crippen molar-refractivity contribution >= 4 is 23.2 Å². The van der Waals surface area contributed by atoms with Crippen LogP contribution in [0.15, 0.2) is 42.5 Å². The molecule has 0 aliphatic carbocycles. The smallest absolute Gasteiger partial charge is 0.262 e. The molecule has 1 heterocycles. The lowest BCUT2D eigenvalue weighted by Crippen LogP contribution is -2.25. The molecule has 0 radical (unpaired) electrons. The van der Waals surface area contributed by atoms with Crippen LogP contribution in [0, 0.1) is 5.82 Å². The SMILES string of the molecule is O=C(CCCOc1ccc(F)cc1)Nc1ccc2c(c1)OCC(=O)N2. The van der Waals surface area contributed by atoms with Crippen molar-refractivity contribution in [2.24, 2.45) is 0 Å². The average molecular weight is 344 g/mol. The maximum atomic E-state index is 12.8. The quantitative estimate of drug-likeness (QED) is 0.790. The fourth-order valence-electron chi connectivity index (χ4n) is 2.33. The van der Waals surface area contributed by atoms with Gasteiger partial charge in [-0.15, -0.1) is 0 Å². The van der Waals surface area contributed by atoms with Gasteiger partial charge < -0.3 is 20.1 Å². The van der Waals surface area contributed by atoms with Crippen molar-refractivity contribution in [1.29, 1.82) is 0 Å². The third kappa shape index (κ3) is 4.69. The van der Waals surface area contributed by atoms with Crippen molar-refractivity contribution < 1.29 is 23.5 Å². The van der Waals surface area contributed by atoms with E-state index in [2.05, 4.69) is 10.6 Å².